The fourth-order valence-electron chi connectivity index (χ4n) is 2.40. The van der Waals surface area contributed by atoms with Gasteiger partial charge in [0, 0.05) is 5.54 Å². The van der Waals surface area contributed by atoms with E-state index in [2.05, 4.69) is 5.32 Å². The fraction of sp³-hybridized carbons (Fsp3) is 1.00. The van der Waals surface area contributed by atoms with Gasteiger partial charge in [0.2, 0.25) is 0 Å². The Morgan fingerprint density at radius 3 is 2.17 bits per heavy atom. The van der Waals surface area contributed by atoms with Crippen LogP contribution in [0, 0.1) is 0 Å². The minimum atomic E-state index is 0.375. The fourth-order valence-corrected chi connectivity index (χ4v) is 2.40. The number of rotatable bonds is 0. The molecule has 0 atom stereocenters. The minimum Gasteiger partial charge on any atom is -0.364 e. The molecule has 0 unspecified atom stereocenters. The summed E-state index contributed by atoms with van der Waals surface area (Å²) in [6, 6.07) is 0. The van der Waals surface area contributed by atoms with Gasteiger partial charge in [0.05, 0.1) is 13.3 Å². The molecule has 70 valence electrons. The van der Waals surface area contributed by atoms with Crippen molar-refractivity contribution in [3.8, 4) is 0 Å². The highest BCUT2D eigenvalue weighted by Gasteiger charge is 2.33. The standard InChI is InChI=1S/C10H19NO/c1-2-4-6-10(7-5-3-1)8-12-9-11-10/h11H,1-9H2. The van der Waals surface area contributed by atoms with Crippen molar-refractivity contribution < 1.29 is 4.74 Å². The number of nitrogens with one attached hydrogen (secondary N) is 1. The van der Waals surface area contributed by atoms with Crippen LogP contribution in [0.3, 0.4) is 0 Å². The molecule has 0 aromatic heterocycles. The van der Waals surface area contributed by atoms with Crippen LogP contribution >= 0.6 is 0 Å². The van der Waals surface area contributed by atoms with Gasteiger partial charge in [-0.1, -0.05) is 32.1 Å². The number of ether oxygens (including phenoxy) is 1. The molecule has 1 aliphatic carbocycles. The van der Waals surface area contributed by atoms with Crippen molar-refractivity contribution in [1.82, 2.24) is 5.32 Å². The second-order valence-electron chi connectivity index (χ2n) is 4.22. The van der Waals surface area contributed by atoms with Crippen LogP contribution < -0.4 is 5.32 Å². The molecule has 2 rings (SSSR count). The van der Waals surface area contributed by atoms with Gasteiger partial charge in [-0.3, -0.25) is 5.32 Å². The maximum absolute atomic E-state index is 5.42. The third-order valence-corrected chi connectivity index (χ3v) is 3.24. The lowest BCUT2D eigenvalue weighted by Crippen LogP contribution is -2.42. The Morgan fingerprint density at radius 2 is 1.58 bits per heavy atom. The predicted octanol–water partition coefficient (Wildman–Crippen LogP) is 2.05. The zero-order valence-electron chi connectivity index (χ0n) is 7.77. The van der Waals surface area contributed by atoms with E-state index >= 15 is 0 Å². The Kier molecular flexibility index (Phi) is 2.66. The summed E-state index contributed by atoms with van der Waals surface area (Å²) in [5.74, 6) is 0. The summed E-state index contributed by atoms with van der Waals surface area (Å²) in [7, 11) is 0. The monoisotopic (exact) mass is 169 g/mol. The van der Waals surface area contributed by atoms with Gasteiger partial charge in [0.1, 0.15) is 0 Å². The average molecular weight is 169 g/mol. The van der Waals surface area contributed by atoms with E-state index in [4.69, 9.17) is 4.74 Å². The quantitative estimate of drug-likeness (QED) is 0.599. The van der Waals surface area contributed by atoms with Gasteiger partial charge in [-0.05, 0) is 12.8 Å². The van der Waals surface area contributed by atoms with Crippen molar-refractivity contribution in [3.05, 3.63) is 0 Å². The highest BCUT2D eigenvalue weighted by atomic mass is 16.5. The largest absolute Gasteiger partial charge is 0.364 e. The van der Waals surface area contributed by atoms with E-state index in [9.17, 15) is 0 Å². The molecule has 1 heterocycles. The molecule has 1 N–H and O–H groups in total. The maximum Gasteiger partial charge on any atom is 0.0971 e. The zero-order valence-corrected chi connectivity index (χ0v) is 7.77. The van der Waals surface area contributed by atoms with E-state index in [-0.39, 0.29) is 0 Å². The summed E-state index contributed by atoms with van der Waals surface area (Å²) in [6.45, 7) is 1.73. The molecule has 12 heavy (non-hydrogen) atoms. The SMILES string of the molecule is C1CCCC2(CCC1)COCN2. The van der Waals surface area contributed by atoms with Crippen LogP contribution in [-0.2, 0) is 4.74 Å². The molecule has 2 nitrogen and oxygen atoms in total. The second-order valence-corrected chi connectivity index (χ2v) is 4.22. The molecule has 1 aliphatic heterocycles. The first-order chi connectivity index (χ1) is 5.91. The first-order valence-corrected chi connectivity index (χ1v) is 5.24. The molecule has 1 spiro atoms. The summed E-state index contributed by atoms with van der Waals surface area (Å²) in [5, 5.41) is 3.52. The Hall–Kier alpha value is -0.0800. The third-order valence-electron chi connectivity index (χ3n) is 3.24. The molecule has 2 heteroatoms. The lowest BCUT2D eigenvalue weighted by atomic mass is 9.85. The topological polar surface area (TPSA) is 21.3 Å². The van der Waals surface area contributed by atoms with Crippen molar-refractivity contribution in [1.29, 1.82) is 0 Å². The van der Waals surface area contributed by atoms with E-state index in [1.165, 1.54) is 44.9 Å². The molecule has 0 radical (unpaired) electrons. The highest BCUT2D eigenvalue weighted by Crippen LogP contribution is 2.28. The van der Waals surface area contributed by atoms with Gasteiger partial charge in [-0.25, -0.2) is 0 Å². The van der Waals surface area contributed by atoms with Crippen molar-refractivity contribution in [2.75, 3.05) is 13.3 Å². The third kappa shape index (κ3) is 1.80. The molecule has 2 aliphatic rings. The van der Waals surface area contributed by atoms with Crippen molar-refractivity contribution in [3.63, 3.8) is 0 Å². The average Bonchev–Trinajstić information content (AvgIpc) is 2.47. The molecule has 1 saturated heterocycles. The van der Waals surface area contributed by atoms with Crippen LogP contribution in [0.5, 0.6) is 0 Å². The minimum absolute atomic E-state index is 0.375. The summed E-state index contributed by atoms with van der Waals surface area (Å²) in [4.78, 5) is 0. The maximum atomic E-state index is 5.42. The van der Waals surface area contributed by atoms with E-state index in [0.717, 1.165) is 13.3 Å². The molecule has 0 amide bonds. The smallest absolute Gasteiger partial charge is 0.0971 e. The first kappa shape index (κ1) is 8.52. The normalized spacial score (nSPS) is 30.0. The molecule has 1 saturated carbocycles. The van der Waals surface area contributed by atoms with Crippen LogP contribution in [0.2, 0.25) is 0 Å². The van der Waals surface area contributed by atoms with Crippen molar-refractivity contribution >= 4 is 0 Å². The van der Waals surface area contributed by atoms with Gasteiger partial charge in [-0.2, -0.15) is 0 Å². The number of hydrogen-bond acceptors (Lipinski definition) is 2. The molecule has 0 bridgehead atoms. The summed E-state index contributed by atoms with van der Waals surface area (Å²) in [6.07, 6.45) is 9.70. The molecule has 2 fully saturated rings. The molecular weight excluding hydrogens is 150 g/mol. The Labute approximate surface area is 74.7 Å². The lowest BCUT2D eigenvalue weighted by Gasteiger charge is -2.29. The Bertz CT molecular complexity index is 131. The van der Waals surface area contributed by atoms with Gasteiger partial charge in [-0.15, -0.1) is 0 Å². The van der Waals surface area contributed by atoms with E-state index in [1.54, 1.807) is 0 Å². The number of hydrogen-bond donors (Lipinski definition) is 1. The predicted molar refractivity (Wildman–Crippen MR) is 49.0 cm³/mol. The zero-order chi connectivity index (χ0) is 8.28. The van der Waals surface area contributed by atoms with E-state index < -0.39 is 0 Å². The lowest BCUT2D eigenvalue weighted by molar-refractivity contribution is 0.167. The van der Waals surface area contributed by atoms with Gasteiger partial charge < -0.3 is 4.74 Å². The van der Waals surface area contributed by atoms with Crippen molar-refractivity contribution in [2.24, 2.45) is 0 Å². The van der Waals surface area contributed by atoms with E-state index in [1.807, 2.05) is 0 Å². The summed E-state index contributed by atoms with van der Waals surface area (Å²) < 4.78 is 5.42. The second kappa shape index (κ2) is 3.75. The molecular formula is C10H19NO. The first-order valence-electron chi connectivity index (χ1n) is 5.24. The van der Waals surface area contributed by atoms with Crippen molar-refractivity contribution in [2.45, 2.75) is 50.5 Å². The van der Waals surface area contributed by atoms with Crippen LogP contribution in [0.15, 0.2) is 0 Å². The van der Waals surface area contributed by atoms with Gasteiger partial charge >= 0.3 is 0 Å². The highest BCUT2D eigenvalue weighted by molar-refractivity contribution is 4.90. The van der Waals surface area contributed by atoms with Gasteiger partial charge in [0.15, 0.2) is 0 Å². The van der Waals surface area contributed by atoms with Gasteiger partial charge in [0.25, 0.3) is 0 Å². The van der Waals surface area contributed by atoms with Crippen LogP contribution in [0.1, 0.15) is 44.9 Å². The Morgan fingerprint density at radius 1 is 0.917 bits per heavy atom. The van der Waals surface area contributed by atoms with E-state index in [0.29, 0.717) is 5.54 Å². The molecule has 0 aromatic carbocycles. The summed E-state index contributed by atoms with van der Waals surface area (Å²) >= 11 is 0. The summed E-state index contributed by atoms with van der Waals surface area (Å²) in [5.41, 5.74) is 0.375. The van der Waals surface area contributed by atoms with Crippen LogP contribution in [0.25, 0.3) is 0 Å². The Balaban J connectivity index is 1.92. The van der Waals surface area contributed by atoms with Crippen LogP contribution in [-0.4, -0.2) is 18.9 Å². The van der Waals surface area contributed by atoms with Crippen LogP contribution in [0.4, 0.5) is 0 Å². The molecule has 0 aromatic rings.